The maximum absolute atomic E-state index is 13.4. The molecule has 0 unspecified atom stereocenters. The largest absolute Gasteiger partial charge is 0.372 e. The lowest BCUT2D eigenvalue weighted by Gasteiger charge is -2.28. The molecule has 0 bridgehead atoms. The molecule has 0 heterocycles. The van der Waals surface area contributed by atoms with Crippen LogP contribution in [0.5, 0.6) is 0 Å². The van der Waals surface area contributed by atoms with Crippen LogP contribution in [0.1, 0.15) is 40.2 Å². The monoisotopic (exact) mass is 252 g/mol. The normalized spacial score (nSPS) is 12.0. The number of nitrogens with zero attached hydrogens (tertiary/aromatic N) is 1. The van der Waals surface area contributed by atoms with E-state index in [2.05, 4.69) is 44.8 Å². The van der Waals surface area contributed by atoms with Crippen LogP contribution >= 0.6 is 0 Å². The van der Waals surface area contributed by atoms with Gasteiger partial charge in [0.15, 0.2) is 0 Å². The van der Waals surface area contributed by atoms with E-state index in [-0.39, 0.29) is 11.4 Å². The van der Waals surface area contributed by atoms with E-state index >= 15 is 0 Å². The Balaban J connectivity index is 2.97. The number of hydrogen-bond acceptors (Lipinski definition) is 2. The highest BCUT2D eigenvalue weighted by Crippen LogP contribution is 2.23. The lowest BCUT2D eigenvalue weighted by molar-refractivity contribution is 0.423. The van der Waals surface area contributed by atoms with Gasteiger partial charge < -0.3 is 10.2 Å². The highest BCUT2D eigenvalue weighted by molar-refractivity contribution is 5.53. The fourth-order valence-corrected chi connectivity index (χ4v) is 1.68. The minimum Gasteiger partial charge on any atom is -0.372 e. The second-order valence-electron chi connectivity index (χ2n) is 6.08. The van der Waals surface area contributed by atoms with Crippen molar-refractivity contribution < 1.29 is 4.39 Å². The zero-order valence-corrected chi connectivity index (χ0v) is 12.3. The topological polar surface area (TPSA) is 15.3 Å². The van der Waals surface area contributed by atoms with Crippen LogP contribution in [0.2, 0.25) is 0 Å². The van der Waals surface area contributed by atoms with Crippen LogP contribution in [-0.4, -0.2) is 18.6 Å². The predicted molar refractivity (Wildman–Crippen MR) is 76.5 cm³/mol. The second-order valence-corrected chi connectivity index (χ2v) is 6.08. The van der Waals surface area contributed by atoms with E-state index in [1.165, 1.54) is 6.07 Å². The van der Waals surface area contributed by atoms with Gasteiger partial charge in [0.2, 0.25) is 0 Å². The van der Waals surface area contributed by atoms with Crippen molar-refractivity contribution in [1.29, 1.82) is 0 Å². The van der Waals surface area contributed by atoms with Gasteiger partial charge in [-0.15, -0.1) is 0 Å². The molecule has 0 aliphatic rings. The summed E-state index contributed by atoms with van der Waals surface area (Å²) >= 11 is 0. The zero-order valence-electron chi connectivity index (χ0n) is 12.3. The van der Waals surface area contributed by atoms with Crippen LogP contribution < -0.4 is 10.2 Å². The number of anilines is 1. The van der Waals surface area contributed by atoms with Crippen LogP contribution in [0.15, 0.2) is 18.2 Å². The van der Waals surface area contributed by atoms with Crippen LogP contribution in [-0.2, 0) is 6.54 Å². The van der Waals surface area contributed by atoms with Gasteiger partial charge in [0, 0.05) is 30.9 Å². The Labute approximate surface area is 110 Å². The molecule has 1 rings (SSSR count). The summed E-state index contributed by atoms with van der Waals surface area (Å²) in [4.78, 5) is 2.17. The minimum atomic E-state index is -0.179. The molecule has 0 fully saturated rings. The summed E-state index contributed by atoms with van der Waals surface area (Å²) in [6.07, 6.45) is 0. The molecule has 1 N–H and O–H groups in total. The van der Waals surface area contributed by atoms with Gasteiger partial charge in [-0.05, 0) is 58.4 Å². The number of benzene rings is 1. The molecule has 0 aliphatic carbocycles. The van der Waals surface area contributed by atoms with E-state index < -0.39 is 0 Å². The number of rotatable bonds is 4. The summed E-state index contributed by atoms with van der Waals surface area (Å²) in [6, 6.07) is 5.39. The molecule has 0 saturated heterocycles. The molecule has 0 radical (unpaired) electrons. The highest BCUT2D eigenvalue weighted by atomic mass is 19.1. The first-order valence-electron chi connectivity index (χ1n) is 6.47. The van der Waals surface area contributed by atoms with Crippen molar-refractivity contribution in [2.45, 2.75) is 52.7 Å². The van der Waals surface area contributed by atoms with Crippen molar-refractivity contribution in [3.8, 4) is 0 Å². The van der Waals surface area contributed by atoms with Crippen molar-refractivity contribution in [3.63, 3.8) is 0 Å². The Bertz CT molecular complexity index is 394. The third-order valence-electron chi connectivity index (χ3n) is 3.01. The molecule has 0 atom stereocenters. The molecule has 18 heavy (non-hydrogen) atoms. The summed E-state index contributed by atoms with van der Waals surface area (Å²) in [5, 5.41) is 3.41. The van der Waals surface area contributed by atoms with Crippen molar-refractivity contribution in [2.24, 2.45) is 0 Å². The fourth-order valence-electron chi connectivity index (χ4n) is 1.68. The average Bonchev–Trinajstić information content (AvgIpc) is 2.24. The first-order chi connectivity index (χ1) is 8.20. The molecular weight excluding hydrogens is 227 g/mol. The minimum absolute atomic E-state index is 0.0278. The molecule has 0 amide bonds. The molecule has 0 saturated carbocycles. The van der Waals surface area contributed by atoms with Crippen molar-refractivity contribution in [2.75, 3.05) is 11.9 Å². The maximum atomic E-state index is 13.4. The first kappa shape index (κ1) is 15.0. The lowest BCUT2D eigenvalue weighted by atomic mass is 10.1. The van der Waals surface area contributed by atoms with E-state index in [4.69, 9.17) is 0 Å². The first-order valence-corrected chi connectivity index (χ1v) is 6.47. The van der Waals surface area contributed by atoms with E-state index in [1.54, 1.807) is 6.07 Å². The summed E-state index contributed by atoms with van der Waals surface area (Å²) < 4.78 is 13.4. The van der Waals surface area contributed by atoms with Gasteiger partial charge in [-0.2, -0.15) is 0 Å². The van der Waals surface area contributed by atoms with E-state index in [0.717, 1.165) is 11.3 Å². The average molecular weight is 252 g/mol. The van der Waals surface area contributed by atoms with Gasteiger partial charge in [0.25, 0.3) is 0 Å². The molecule has 1 aromatic carbocycles. The molecule has 2 nitrogen and oxygen atoms in total. The van der Waals surface area contributed by atoms with Gasteiger partial charge in [-0.3, -0.25) is 0 Å². The second kappa shape index (κ2) is 5.70. The summed E-state index contributed by atoms with van der Waals surface area (Å²) in [7, 11) is 2.04. The van der Waals surface area contributed by atoms with Gasteiger partial charge >= 0.3 is 0 Å². The predicted octanol–water partition coefficient (Wildman–Crippen LogP) is 3.56. The van der Waals surface area contributed by atoms with Gasteiger partial charge in [0.1, 0.15) is 5.82 Å². The van der Waals surface area contributed by atoms with Crippen molar-refractivity contribution in [1.82, 2.24) is 5.32 Å². The van der Waals surface area contributed by atoms with Gasteiger partial charge in [-0.25, -0.2) is 4.39 Å². The molecular formula is C15H25FN2. The third kappa shape index (κ3) is 4.30. The molecule has 102 valence electrons. The summed E-state index contributed by atoms with van der Waals surface area (Å²) in [6.45, 7) is 11.3. The third-order valence-corrected chi connectivity index (χ3v) is 3.01. The van der Waals surface area contributed by atoms with Crippen molar-refractivity contribution >= 4 is 5.69 Å². The smallest absolute Gasteiger partial charge is 0.123 e. The van der Waals surface area contributed by atoms with Crippen LogP contribution in [0.25, 0.3) is 0 Å². The summed E-state index contributed by atoms with van der Waals surface area (Å²) in [5.41, 5.74) is 2.12. The number of halogens is 1. The number of nitrogens with one attached hydrogen (secondary N) is 1. The molecule has 0 aromatic heterocycles. The highest BCUT2D eigenvalue weighted by Gasteiger charge is 2.14. The number of hydrogen-bond donors (Lipinski definition) is 1. The quantitative estimate of drug-likeness (QED) is 0.881. The van der Waals surface area contributed by atoms with Crippen LogP contribution in [0.4, 0.5) is 10.1 Å². The van der Waals surface area contributed by atoms with E-state index in [9.17, 15) is 4.39 Å². The molecule has 3 heteroatoms. The molecule has 0 aliphatic heterocycles. The molecule has 1 aromatic rings. The Hall–Kier alpha value is -1.09. The standard InChI is InChI=1S/C15H25FN2/c1-11(2)18(6)14-8-7-13(16)9-12(14)10-17-15(3,4)5/h7-9,11,17H,10H2,1-6H3. The maximum Gasteiger partial charge on any atom is 0.123 e. The van der Waals surface area contributed by atoms with Crippen LogP contribution in [0, 0.1) is 5.82 Å². The SMILES string of the molecule is CC(C)N(C)c1ccc(F)cc1CNC(C)(C)C. The Morgan fingerprint density at radius 1 is 1.28 bits per heavy atom. The van der Waals surface area contributed by atoms with Crippen molar-refractivity contribution in [3.05, 3.63) is 29.6 Å². The van der Waals surface area contributed by atoms with E-state index in [1.807, 2.05) is 13.1 Å². The summed E-state index contributed by atoms with van der Waals surface area (Å²) in [5.74, 6) is -0.179. The van der Waals surface area contributed by atoms with Gasteiger partial charge in [-0.1, -0.05) is 0 Å². The zero-order chi connectivity index (χ0) is 13.9. The van der Waals surface area contributed by atoms with Crippen LogP contribution in [0.3, 0.4) is 0 Å². The lowest BCUT2D eigenvalue weighted by Crippen LogP contribution is -2.36. The molecule has 0 spiro atoms. The Morgan fingerprint density at radius 2 is 1.89 bits per heavy atom. The Morgan fingerprint density at radius 3 is 2.39 bits per heavy atom. The van der Waals surface area contributed by atoms with E-state index in [0.29, 0.717) is 12.6 Å². The van der Waals surface area contributed by atoms with Gasteiger partial charge in [0.05, 0.1) is 0 Å². The fraction of sp³-hybridized carbons (Fsp3) is 0.600. The Kier molecular flexibility index (Phi) is 4.74.